The van der Waals surface area contributed by atoms with Crippen molar-refractivity contribution in [2.45, 2.75) is 46.1 Å². The Balaban J connectivity index is 2.48. The van der Waals surface area contributed by atoms with Crippen molar-refractivity contribution in [1.82, 2.24) is 5.32 Å². The second-order valence-electron chi connectivity index (χ2n) is 5.49. The van der Waals surface area contributed by atoms with Crippen LogP contribution in [0.4, 0.5) is 0 Å². The first-order valence-corrected chi connectivity index (χ1v) is 7.30. The Morgan fingerprint density at radius 1 is 1.18 bits per heavy atom. The van der Waals surface area contributed by atoms with Gasteiger partial charge < -0.3 is 10.1 Å². The first kappa shape index (κ1) is 17.9. The summed E-state index contributed by atoms with van der Waals surface area (Å²) in [5.41, 5.74) is 2.59. The number of methoxy groups -OCH3 is 1. The number of ether oxygens (including phenoxy) is 1. The van der Waals surface area contributed by atoms with Crippen molar-refractivity contribution in [2.75, 3.05) is 7.11 Å². The molecular weight excluding hydrogens is 282 g/mol. The van der Waals surface area contributed by atoms with E-state index in [1.165, 1.54) is 7.11 Å². The Morgan fingerprint density at radius 2 is 1.86 bits per heavy atom. The van der Waals surface area contributed by atoms with Crippen molar-refractivity contribution in [3.63, 3.8) is 0 Å². The van der Waals surface area contributed by atoms with Crippen molar-refractivity contribution >= 4 is 17.7 Å². The van der Waals surface area contributed by atoms with Crippen LogP contribution in [-0.4, -0.2) is 30.8 Å². The Hall–Kier alpha value is -2.17. The van der Waals surface area contributed by atoms with Gasteiger partial charge in [-0.2, -0.15) is 0 Å². The first-order chi connectivity index (χ1) is 10.3. The minimum absolute atomic E-state index is 0.0445. The molecule has 0 bridgehead atoms. The largest absolute Gasteiger partial charge is 0.469 e. The van der Waals surface area contributed by atoms with E-state index in [1.807, 2.05) is 32.0 Å². The molecule has 0 saturated heterocycles. The lowest BCUT2D eigenvalue weighted by Gasteiger charge is -2.12. The summed E-state index contributed by atoms with van der Waals surface area (Å²) < 4.78 is 4.54. The predicted octanol–water partition coefficient (Wildman–Crippen LogP) is 2.33. The summed E-state index contributed by atoms with van der Waals surface area (Å²) in [5.74, 6) is -0.661. The molecule has 0 unspecified atom stereocenters. The molecule has 0 spiro atoms. The third-order valence-electron chi connectivity index (χ3n) is 3.38. The molecule has 22 heavy (non-hydrogen) atoms. The Labute approximate surface area is 131 Å². The molecule has 1 atom stereocenters. The topological polar surface area (TPSA) is 72.5 Å². The van der Waals surface area contributed by atoms with Crippen LogP contribution < -0.4 is 5.32 Å². The zero-order chi connectivity index (χ0) is 16.7. The lowest BCUT2D eigenvalue weighted by Crippen LogP contribution is -2.34. The molecule has 0 saturated carbocycles. The lowest BCUT2D eigenvalue weighted by atomic mass is 9.99. The van der Waals surface area contributed by atoms with Crippen LogP contribution in [0, 0.1) is 13.8 Å². The van der Waals surface area contributed by atoms with Gasteiger partial charge >= 0.3 is 5.97 Å². The summed E-state index contributed by atoms with van der Waals surface area (Å²) in [6.45, 7) is 5.53. The highest BCUT2D eigenvalue weighted by molar-refractivity contribution is 5.99. The standard InChI is InChI=1S/C17H23NO4/c1-11-5-6-12(2)14(9-11)15(19)7-8-16(20)18-13(3)10-17(21)22-4/h5-6,9,13H,7-8,10H2,1-4H3,(H,18,20)/t13-/m0/s1. The molecular formula is C17H23NO4. The van der Waals surface area contributed by atoms with Crippen LogP contribution in [-0.2, 0) is 14.3 Å². The summed E-state index contributed by atoms with van der Waals surface area (Å²) >= 11 is 0. The van der Waals surface area contributed by atoms with Gasteiger partial charge in [-0.25, -0.2) is 0 Å². The number of benzene rings is 1. The van der Waals surface area contributed by atoms with Gasteiger partial charge in [0.15, 0.2) is 5.78 Å². The highest BCUT2D eigenvalue weighted by atomic mass is 16.5. The Bertz CT molecular complexity index is 566. The molecule has 5 nitrogen and oxygen atoms in total. The predicted molar refractivity (Wildman–Crippen MR) is 83.7 cm³/mol. The van der Waals surface area contributed by atoms with Crippen LogP contribution in [0.15, 0.2) is 18.2 Å². The minimum Gasteiger partial charge on any atom is -0.469 e. The molecule has 1 aromatic carbocycles. The van der Waals surface area contributed by atoms with Crippen molar-refractivity contribution in [3.8, 4) is 0 Å². The van der Waals surface area contributed by atoms with Crippen LogP contribution in [0.25, 0.3) is 0 Å². The van der Waals surface area contributed by atoms with Crippen LogP contribution in [0.3, 0.4) is 0 Å². The summed E-state index contributed by atoms with van der Waals surface area (Å²) in [4.78, 5) is 35.1. The maximum absolute atomic E-state index is 12.2. The second kappa shape index (κ2) is 8.32. The number of nitrogens with one attached hydrogen (secondary N) is 1. The Morgan fingerprint density at radius 3 is 2.50 bits per heavy atom. The summed E-state index contributed by atoms with van der Waals surface area (Å²) in [7, 11) is 1.31. The molecule has 120 valence electrons. The van der Waals surface area contributed by atoms with Gasteiger partial charge in [0, 0.05) is 24.4 Å². The van der Waals surface area contributed by atoms with E-state index in [9.17, 15) is 14.4 Å². The van der Waals surface area contributed by atoms with Crippen molar-refractivity contribution < 1.29 is 19.1 Å². The normalized spacial score (nSPS) is 11.6. The number of aryl methyl sites for hydroxylation is 2. The molecule has 0 aliphatic rings. The molecule has 1 rings (SSSR count). The lowest BCUT2D eigenvalue weighted by molar-refractivity contribution is -0.141. The van der Waals surface area contributed by atoms with E-state index in [1.54, 1.807) is 6.92 Å². The van der Waals surface area contributed by atoms with Crippen LogP contribution in [0.2, 0.25) is 0 Å². The molecule has 1 aromatic rings. The van der Waals surface area contributed by atoms with E-state index in [0.29, 0.717) is 5.56 Å². The van der Waals surface area contributed by atoms with E-state index in [4.69, 9.17) is 0 Å². The maximum atomic E-state index is 12.2. The average Bonchev–Trinajstić information content (AvgIpc) is 2.46. The van der Waals surface area contributed by atoms with Crippen LogP contribution in [0.5, 0.6) is 0 Å². The monoisotopic (exact) mass is 305 g/mol. The number of hydrogen-bond donors (Lipinski definition) is 1. The SMILES string of the molecule is COC(=O)C[C@H](C)NC(=O)CCC(=O)c1cc(C)ccc1C. The van der Waals surface area contributed by atoms with Gasteiger partial charge in [0.25, 0.3) is 0 Å². The van der Waals surface area contributed by atoms with E-state index in [2.05, 4.69) is 10.1 Å². The number of hydrogen-bond acceptors (Lipinski definition) is 4. The van der Waals surface area contributed by atoms with Gasteiger partial charge in [0.1, 0.15) is 0 Å². The third-order valence-corrected chi connectivity index (χ3v) is 3.38. The number of amides is 1. The summed E-state index contributed by atoms with van der Waals surface area (Å²) in [6.07, 6.45) is 0.381. The fourth-order valence-corrected chi connectivity index (χ4v) is 2.13. The quantitative estimate of drug-likeness (QED) is 0.620. The van der Waals surface area contributed by atoms with Gasteiger partial charge in [0.05, 0.1) is 13.5 Å². The molecule has 1 amide bonds. The van der Waals surface area contributed by atoms with Gasteiger partial charge in [0.2, 0.25) is 5.91 Å². The third kappa shape index (κ3) is 5.68. The summed E-state index contributed by atoms with van der Waals surface area (Å²) in [6, 6.07) is 5.39. The second-order valence-corrected chi connectivity index (χ2v) is 5.49. The highest BCUT2D eigenvalue weighted by Crippen LogP contribution is 2.13. The molecule has 0 radical (unpaired) electrons. The number of rotatable bonds is 7. The molecule has 0 aromatic heterocycles. The van der Waals surface area contributed by atoms with Gasteiger partial charge in [-0.05, 0) is 32.4 Å². The number of carbonyl (C=O) groups is 3. The van der Waals surface area contributed by atoms with E-state index in [-0.39, 0.29) is 43.0 Å². The molecule has 0 fully saturated rings. The van der Waals surface area contributed by atoms with Gasteiger partial charge in [-0.15, -0.1) is 0 Å². The minimum atomic E-state index is -0.376. The van der Waals surface area contributed by atoms with Crippen molar-refractivity contribution in [3.05, 3.63) is 34.9 Å². The average molecular weight is 305 g/mol. The number of Topliss-reactive ketones (excluding diaryl/α,β-unsaturated/α-hetero) is 1. The van der Waals surface area contributed by atoms with Crippen molar-refractivity contribution in [2.24, 2.45) is 0 Å². The van der Waals surface area contributed by atoms with Crippen LogP contribution >= 0.6 is 0 Å². The first-order valence-electron chi connectivity index (χ1n) is 7.30. The van der Waals surface area contributed by atoms with Gasteiger partial charge in [-0.1, -0.05) is 17.7 Å². The highest BCUT2D eigenvalue weighted by Gasteiger charge is 2.15. The zero-order valence-electron chi connectivity index (χ0n) is 13.6. The maximum Gasteiger partial charge on any atom is 0.307 e. The van der Waals surface area contributed by atoms with E-state index >= 15 is 0 Å². The molecule has 5 heteroatoms. The molecule has 1 N–H and O–H groups in total. The summed E-state index contributed by atoms with van der Waals surface area (Å²) in [5, 5.41) is 2.69. The molecule has 0 heterocycles. The fourth-order valence-electron chi connectivity index (χ4n) is 2.13. The zero-order valence-corrected chi connectivity index (χ0v) is 13.6. The fraction of sp³-hybridized carbons (Fsp3) is 0.471. The Kier molecular flexibility index (Phi) is 6.76. The van der Waals surface area contributed by atoms with Crippen molar-refractivity contribution in [1.29, 1.82) is 0 Å². The van der Waals surface area contributed by atoms with E-state index in [0.717, 1.165) is 11.1 Å². The molecule has 0 aliphatic heterocycles. The van der Waals surface area contributed by atoms with Gasteiger partial charge in [-0.3, -0.25) is 14.4 Å². The van der Waals surface area contributed by atoms with Crippen LogP contribution in [0.1, 0.15) is 47.7 Å². The molecule has 0 aliphatic carbocycles. The van der Waals surface area contributed by atoms with E-state index < -0.39 is 0 Å². The number of ketones is 1. The smallest absolute Gasteiger partial charge is 0.307 e. The number of esters is 1. The number of carbonyl (C=O) groups excluding carboxylic acids is 3.